The number of imide groups is 1. The number of alkyl halides is 4. The van der Waals surface area contributed by atoms with Crippen molar-refractivity contribution in [3.05, 3.63) is 63.1 Å². The van der Waals surface area contributed by atoms with Crippen molar-refractivity contribution in [3.63, 3.8) is 0 Å². The van der Waals surface area contributed by atoms with Crippen LogP contribution in [0.15, 0.2) is 52.5 Å². The van der Waals surface area contributed by atoms with Gasteiger partial charge in [-0.3, -0.25) is 19.2 Å². The van der Waals surface area contributed by atoms with Gasteiger partial charge in [0.2, 0.25) is 17.7 Å². The van der Waals surface area contributed by atoms with Gasteiger partial charge in [0.1, 0.15) is 15.5 Å². The Hall–Kier alpha value is -1.71. The predicted octanol–water partition coefficient (Wildman–Crippen LogP) is 6.56. The van der Waals surface area contributed by atoms with Crippen LogP contribution in [0.25, 0.3) is 0 Å². The SMILES string of the molecule is Cc1cc(OC(=O)[C@@H]2CC(=O)N(c3ccc(Cl)cc3)C2)ccc1N1C(=O)[C@@H]2[C@@H](C1=O)[C@@]1(Cl)C(Cl)=C(Cl)[C@@]2(Cl)C1(Cl)Cl. The lowest BCUT2D eigenvalue weighted by Crippen LogP contribution is -2.50. The zero-order valence-corrected chi connectivity index (χ0v) is 26.1. The Labute approximate surface area is 269 Å². The number of fused-ring (bicyclic) bond motifs is 5. The van der Waals surface area contributed by atoms with Crippen LogP contribution in [0, 0.1) is 24.7 Å². The molecule has 2 bridgehead atoms. The monoisotopic (exact) mass is 694 g/mol. The Balaban J connectivity index is 1.21. The molecular formula is C27H17Cl7N2O5. The first-order valence-corrected chi connectivity index (χ1v) is 14.9. The van der Waals surface area contributed by atoms with Gasteiger partial charge in [0.15, 0.2) is 4.33 Å². The van der Waals surface area contributed by atoms with Crippen LogP contribution in [-0.2, 0) is 19.2 Å². The fourth-order valence-corrected chi connectivity index (χ4v) is 9.17. The first-order valence-electron chi connectivity index (χ1n) is 12.2. The summed E-state index contributed by atoms with van der Waals surface area (Å²) < 4.78 is 3.54. The van der Waals surface area contributed by atoms with Gasteiger partial charge in [-0.05, 0) is 55.0 Å². The highest BCUT2D eigenvalue weighted by atomic mass is 35.5. The van der Waals surface area contributed by atoms with Crippen molar-refractivity contribution in [1.29, 1.82) is 0 Å². The number of aryl methyl sites for hydroxylation is 1. The van der Waals surface area contributed by atoms with Crippen LogP contribution >= 0.6 is 81.2 Å². The van der Waals surface area contributed by atoms with Crippen molar-refractivity contribution < 1.29 is 23.9 Å². The fraction of sp³-hybridized carbons (Fsp3) is 0.333. The number of esters is 1. The number of nitrogens with zero attached hydrogens (tertiary/aromatic N) is 2. The highest BCUT2D eigenvalue weighted by molar-refractivity contribution is 6.67. The number of benzene rings is 2. The average molecular weight is 698 g/mol. The number of hydrogen-bond acceptors (Lipinski definition) is 5. The van der Waals surface area contributed by atoms with E-state index >= 15 is 0 Å². The summed E-state index contributed by atoms with van der Waals surface area (Å²) in [5.41, 5.74) is 1.29. The van der Waals surface area contributed by atoms with Gasteiger partial charge in [0, 0.05) is 23.7 Å². The van der Waals surface area contributed by atoms with E-state index < -0.39 is 49.6 Å². The first-order chi connectivity index (χ1) is 19.2. The quantitative estimate of drug-likeness (QED) is 0.157. The molecule has 2 saturated heterocycles. The number of halogens is 7. The molecule has 6 rings (SSSR count). The maximum absolute atomic E-state index is 13.7. The Bertz CT molecular complexity index is 1550. The van der Waals surface area contributed by atoms with E-state index in [1.54, 1.807) is 31.2 Å². The topological polar surface area (TPSA) is 84.0 Å². The first kappa shape index (κ1) is 29.4. The minimum absolute atomic E-state index is 0.0137. The van der Waals surface area contributed by atoms with Gasteiger partial charge in [-0.15, -0.1) is 23.2 Å². The number of anilines is 2. The molecule has 214 valence electrons. The standard InChI is InChI=1S/C27H17Cl7N2O5/c1-11-8-15(41-24(40)12-9-17(37)35(10-12)14-4-2-13(28)3-5-14)6-7-16(11)36-22(38)18-19(23(36)39)26(32)21(30)20(29)25(18,31)27(26,33)34/h2-8,12,18-19H,9-10H2,1H3/t12-,18+,19+,25-,26-/m1/s1. The predicted molar refractivity (Wildman–Crippen MR) is 159 cm³/mol. The molecule has 7 nitrogen and oxygen atoms in total. The average Bonchev–Trinajstić information content (AvgIpc) is 3.50. The second-order valence-corrected chi connectivity index (χ2v) is 14.1. The molecule has 41 heavy (non-hydrogen) atoms. The molecule has 0 spiro atoms. The van der Waals surface area contributed by atoms with Crippen LogP contribution in [-0.4, -0.2) is 44.3 Å². The highest BCUT2D eigenvalue weighted by Gasteiger charge is 2.87. The third kappa shape index (κ3) is 3.79. The van der Waals surface area contributed by atoms with Crippen molar-refractivity contribution in [2.24, 2.45) is 17.8 Å². The lowest BCUT2D eigenvalue weighted by molar-refractivity contribution is -0.139. The number of amides is 3. The lowest BCUT2D eigenvalue weighted by atomic mass is 9.84. The second kappa shape index (κ2) is 9.65. The Morgan fingerprint density at radius 2 is 1.44 bits per heavy atom. The van der Waals surface area contributed by atoms with Crippen LogP contribution < -0.4 is 14.5 Å². The number of carbonyl (C=O) groups is 4. The van der Waals surface area contributed by atoms with Crippen LogP contribution in [0.5, 0.6) is 5.75 Å². The number of carbonyl (C=O) groups excluding carboxylic acids is 4. The van der Waals surface area contributed by atoms with Crippen LogP contribution in [0.1, 0.15) is 12.0 Å². The van der Waals surface area contributed by atoms with Crippen molar-refractivity contribution in [1.82, 2.24) is 0 Å². The molecule has 2 aliphatic heterocycles. The van der Waals surface area contributed by atoms with Gasteiger partial charge in [0.25, 0.3) is 0 Å². The van der Waals surface area contributed by atoms with Gasteiger partial charge in [-0.1, -0.05) is 58.0 Å². The summed E-state index contributed by atoms with van der Waals surface area (Å²) in [4.78, 5) is 51.4. The van der Waals surface area contributed by atoms with E-state index in [0.717, 1.165) is 4.90 Å². The molecule has 0 unspecified atom stereocenters. The Morgan fingerprint density at radius 1 is 0.878 bits per heavy atom. The zero-order chi connectivity index (χ0) is 29.8. The molecule has 0 N–H and O–H groups in total. The van der Waals surface area contributed by atoms with E-state index in [-0.39, 0.29) is 40.4 Å². The maximum atomic E-state index is 13.7. The summed E-state index contributed by atoms with van der Waals surface area (Å²) in [7, 11) is 0. The van der Waals surface area contributed by atoms with Gasteiger partial charge >= 0.3 is 5.97 Å². The summed E-state index contributed by atoms with van der Waals surface area (Å²) in [5.74, 6) is -5.24. The molecule has 3 amide bonds. The summed E-state index contributed by atoms with van der Waals surface area (Å²) in [6.07, 6.45) is -0.0137. The van der Waals surface area contributed by atoms with Gasteiger partial charge in [0.05, 0.1) is 33.5 Å². The van der Waals surface area contributed by atoms with Crippen LogP contribution in [0.4, 0.5) is 11.4 Å². The number of hydrogen-bond donors (Lipinski definition) is 0. The minimum Gasteiger partial charge on any atom is -0.426 e. The van der Waals surface area contributed by atoms with E-state index in [4.69, 9.17) is 85.9 Å². The minimum atomic E-state index is -2.03. The Morgan fingerprint density at radius 3 is 1.98 bits per heavy atom. The molecule has 2 aromatic carbocycles. The van der Waals surface area contributed by atoms with Crippen molar-refractivity contribution in [2.75, 3.05) is 16.3 Å². The fourth-order valence-electron chi connectivity index (χ4n) is 6.11. The largest absolute Gasteiger partial charge is 0.426 e. The van der Waals surface area contributed by atoms with Gasteiger partial charge < -0.3 is 9.64 Å². The highest BCUT2D eigenvalue weighted by Crippen LogP contribution is 2.77. The molecule has 2 aliphatic carbocycles. The molecule has 1 saturated carbocycles. The number of allylic oxidation sites excluding steroid dienone is 2. The third-order valence-electron chi connectivity index (χ3n) is 8.13. The number of ether oxygens (including phenoxy) is 1. The molecular weight excluding hydrogens is 680 g/mol. The molecule has 14 heteroatoms. The zero-order valence-electron chi connectivity index (χ0n) is 20.8. The molecule has 5 atom stereocenters. The summed E-state index contributed by atoms with van der Waals surface area (Å²) in [6.45, 7) is 1.79. The van der Waals surface area contributed by atoms with E-state index in [1.807, 2.05) is 0 Å². The second-order valence-electron chi connectivity index (χ2n) is 10.3. The molecule has 2 aromatic rings. The van der Waals surface area contributed by atoms with Gasteiger partial charge in [-0.25, -0.2) is 4.90 Å². The molecule has 2 heterocycles. The van der Waals surface area contributed by atoms with Gasteiger partial charge in [-0.2, -0.15) is 0 Å². The smallest absolute Gasteiger partial charge is 0.316 e. The molecule has 0 aromatic heterocycles. The third-order valence-corrected chi connectivity index (χ3v) is 12.6. The van der Waals surface area contributed by atoms with E-state index in [1.165, 1.54) is 23.1 Å². The van der Waals surface area contributed by atoms with Crippen molar-refractivity contribution in [3.8, 4) is 5.75 Å². The molecule has 3 fully saturated rings. The van der Waals surface area contributed by atoms with E-state index in [9.17, 15) is 19.2 Å². The number of rotatable bonds is 4. The van der Waals surface area contributed by atoms with Crippen LogP contribution in [0.3, 0.4) is 0 Å². The molecule has 0 radical (unpaired) electrons. The summed E-state index contributed by atoms with van der Waals surface area (Å²) >= 11 is 45.3. The summed E-state index contributed by atoms with van der Waals surface area (Å²) in [5, 5.41) is 0.177. The van der Waals surface area contributed by atoms with Crippen LogP contribution in [0.2, 0.25) is 5.02 Å². The molecule has 4 aliphatic rings. The van der Waals surface area contributed by atoms with E-state index in [2.05, 4.69) is 0 Å². The lowest BCUT2D eigenvalue weighted by Gasteiger charge is -2.34. The Kier molecular flexibility index (Phi) is 6.91. The maximum Gasteiger partial charge on any atom is 0.316 e. The van der Waals surface area contributed by atoms with E-state index in [0.29, 0.717) is 16.3 Å². The summed E-state index contributed by atoms with van der Waals surface area (Å²) in [6, 6.07) is 11.1. The van der Waals surface area contributed by atoms with Crippen molar-refractivity contribution in [2.45, 2.75) is 27.4 Å². The normalized spacial score (nSPS) is 31.9. The van der Waals surface area contributed by atoms with Crippen molar-refractivity contribution >= 4 is 116 Å².